The van der Waals surface area contributed by atoms with Crippen molar-refractivity contribution in [3.63, 3.8) is 0 Å². The van der Waals surface area contributed by atoms with Crippen molar-refractivity contribution in [2.75, 3.05) is 0 Å². The molecule has 0 saturated carbocycles. The Balaban J connectivity index is 2.39. The molecule has 0 aliphatic carbocycles. The maximum Gasteiger partial charge on any atom is 0.126 e. The van der Waals surface area contributed by atoms with Crippen molar-refractivity contribution in [3.05, 3.63) is 70.2 Å². The fraction of sp³-hybridized carbons (Fsp3) is 0.0769. The maximum atomic E-state index is 13.0. The van der Waals surface area contributed by atoms with Gasteiger partial charge in [0.05, 0.1) is 0 Å². The summed E-state index contributed by atoms with van der Waals surface area (Å²) in [6, 6.07) is 9.45. The Morgan fingerprint density at radius 1 is 0.941 bits per heavy atom. The first-order chi connectivity index (χ1) is 8.06. The molecular formula is C13H9ClF2O. The van der Waals surface area contributed by atoms with E-state index in [1.165, 1.54) is 0 Å². The molecule has 4 heteroatoms. The third kappa shape index (κ3) is 2.81. The monoisotopic (exact) mass is 254 g/mol. The van der Waals surface area contributed by atoms with Crippen molar-refractivity contribution >= 4 is 11.6 Å². The Labute approximate surface area is 102 Å². The van der Waals surface area contributed by atoms with Crippen LogP contribution in [0, 0.1) is 11.6 Å². The Hall–Kier alpha value is -1.45. The van der Waals surface area contributed by atoms with Crippen molar-refractivity contribution < 1.29 is 13.9 Å². The summed E-state index contributed by atoms with van der Waals surface area (Å²) in [5, 5.41) is 10.4. The van der Waals surface area contributed by atoms with E-state index < -0.39 is 17.7 Å². The number of hydrogen-bond acceptors (Lipinski definition) is 1. The largest absolute Gasteiger partial charge is 0.384 e. The molecule has 0 bridgehead atoms. The Bertz CT molecular complexity index is 522. The average molecular weight is 255 g/mol. The zero-order chi connectivity index (χ0) is 12.4. The summed E-state index contributed by atoms with van der Waals surface area (Å²) in [4.78, 5) is 0. The molecule has 1 nitrogen and oxygen atoms in total. The number of halogens is 3. The van der Waals surface area contributed by atoms with Gasteiger partial charge in [0, 0.05) is 11.1 Å². The summed E-state index contributed by atoms with van der Waals surface area (Å²) >= 11 is 5.78. The van der Waals surface area contributed by atoms with Gasteiger partial charge >= 0.3 is 0 Å². The standard InChI is InChI=1S/C13H9ClF2O/c14-10-3-1-2-8(4-10)13(17)9-5-11(15)7-12(16)6-9/h1-7,13,17H/t13-/m1/s1. The molecule has 2 aromatic rings. The molecule has 0 fully saturated rings. The molecule has 1 N–H and O–H groups in total. The second-order valence-corrected chi connectivity index (χ2v) is 4.10. The van der Waals surface area contributed by atoms with Crippen molar-refractivity contribution in [2.24, 2.45) is 0 Å². The Kier molecular flexibility index (Phi) is 3.41. The van der Waals surface area contributed by atoms with E-state index in [9.17, 15) is 13.9 Å². The lowest BCUT2D eigenvalue weighted by atomic mass is 10.0. The highest BCUT2D eigenvalue weighted by Gasteiger charge is 2.13. The minimum atomic E-state index is -1.10. The molecule has 88 valence electrons. The van der Waals surface area contributed by atoms with Crippen molar-refractivity contribution in [1.82, 2.24) is 0 Å². The van der Waals surface area contributed by atoms with Gasteiger partial charge in [0.1, 0.15) is 17.7 Å². The van der Waals surface area contributed by atoms with Gasteiger partial charge in [-0.1, -0.05) is 23.7 Å². The van der Waals surface area contributed by atoms with Crippen LogP contribution in [0.2, 0.25) is 5.02 Å². The van der Waals surface area contributed by atoms with Crippen LogP contribution in [0.5, 0.6) is 0 Å². The van der Waals surface area contributed by atoms with Crippen LogP contribution in [-0.4, -0.2) is 5.11 Å². The first-order valence-corrected chi connectivity index (χ1v) is 5.33. The van der Waals surface area contributed by atoms with Crippen LogP contribution in [0.25, 0.3) is 0 Å². The highest BCUT2D eigenvalue weighted by atomic mass is 35.5. The van der Waals surface area contributed by atoms with E-state index in [-0.39, 0.29) is 5.56 Å². The minimum Gasteiger partial charge on any atom is -0.384 e. The van der Waals surface area contributed by atoms with Gasteiger partial charge in [-0.25, -0.2) is 8.78 Å². The summed E-state index contributed by atoms with van der Waals surface area (Å²) < 4.78 is 26.0. The summed E-state index contributed by atoms with van der Waals surface area (Å²) in [6.45, 7) is 0. The average Bonchev–Trinajstić information content (AvgIpc) is 2.26. The van der Waals surface area contributed by atoms with E-state index >= 15 is 0 Å². The molecule has 1 atom stereocenters. The lowest BCUT2D eigenvalue weighted by Crippen LogP contribution is -2.01. The molecule has 0 amide bonds. The second-order valence-electron chi connectivity index (χ2n) is 3.66. The summed E-state index contributed by atoms with van der Waals surface area (Å²) in [7, 11) is 0. The summed E-state index contributed by atoms with van der Waals surface area (Å²) in [5.41, 5.74) is 0.646. The molecular weight excluding hydrogens is 246 g/mol. The molecule has 0 heterocycles. The van der Waals surface area contributed by atoms with Crippen LogP contribution in [0.3, 0.4) is 0 Å². The van der Waals surface area contributed by atoms with Gasteiger partial charge in [0.15, 0.2) is 0 Å². The highest BCUT2D eigenvalue weighted by Crippen LogP contribution is 2.25. The van der Waals surface area contributed by atoms with Crippen molar-refractivity contribution in [2.45, 2.75) is 6.10 Å². The van der Waals surface area contributed by atoms with E-state index in [2.05, 4.69) is 0 Å². The number of rotatable bonds is 2. The number of aliphatic hydroxyl groups is 1. The van der Waals surface area contributed by atoms with Crippen LogP contribution in [0.4, 0.5) is 8.78 Å². The van der Waals surface area contributed by atoms with Gasteiger partial charge in [-0.05, 0) is 35.4 Å². The van der Waals surface area contributed by atoms with Crippen LogP contribution in [0.15, 0.2) is 42.5 Å². The van der Waals surface area contributed by atoms with Crippen molar-refractivity contribution in [1.29, 1.82) is 0 Å². The molecule has 2 rings (SSSR count). The zero-order valence-electron chi connectivity index (χ0n) is 8.70. The fourth-order valence-corrected chi connectivity index (χ4v) is 1.80. The van der Waals surface area contributed by atoms with Gasteiger partial charge in [0.25, 0.3) is 0 Å². The lowest BCUT2D eigenvalue weighted by molar-refractivity contribution is 0.219. The smallest absolute Gasteiger partial charge is 0.126 e. The van der Waals surface area contributed by atoms with Crippen LogP contribution in [-0.2, 0) is 0 Å². The van der Waals surface area contributed by atoms with Crippen molar-refractivity contribution in [3.8, 4) is 0 Å². The quantitative estimate of drug-likeness (QED) is 0.866. The molecule has 0 aliphatic rings. The van der Waals surface area contributed by atoms with Gasteiger partial charge < -0.3 is 5.11 Å². The summed E-state index contributed by atoms with van der Waals surface area (Å²) in [5.74, 6) is -1.44. The molecule has 0 spiro atoms. The van der Waals surface area contributed by atoms with Crippen LogP contribution >= 0.6 is 11.6 Å². The predicted molar refractivity (Wildman–Crippen MR) is 61.9 cm³/mol. The van der Waals surface area contributed by atoms with Gasteiger partial charge in [-0.2, -0.15) is 0 Å². The highest BCUT2D eigenvalue weighted by molar-refractivity contribution is 6.30. The van der Waals surface area contributed by atoms with E-state index in [4.69, 9.17) is 11.6 Å². The Morgan fingerprint density at radius 3 is 2.18 bits per heavy atom. The number of aliphatic hydroxyl groups excluding tert-OH is 1. The number of hydrogen-bond donors (Lipinski definition) is 1. The second kappa shape index (κ2) is 4.82. The van der Waals surface area contributed by atoms with E-state index in [1.807, 2.05) is 0 Å². The van der Waals surface area contributed by atoms with Crippen LogP contribution in [0.1, 0.15) is 17.2 Å². The first-order valence-electron chi connectivity index (χ1n) is 4.96. The normalized spacial score (nSPS) is 12.5. The van der Waals surface area contributed by atoms with E-state index in [0.29, 0.717) is 10.6 Å². The molecule has 0 saturated heterocycles. The number of benzene rings is 2. The van der Waals surface area contributed by atoms with Gasteiger partial charge in [-0.3, -0.25) is 0 Å². The van der Waals surface area contributed by atoms with E-state index in [0.717, 1.165) is 18.2 Å². The lowest BCUT2D eigenvalue weighted by Gasteiger charge is -2.12. The maximum absolute atomic E-state index is 13.0. The van der Waals surface area contributed by atoms with Gasteiger partial charge in [0.2, 0.25) is 0 Å². The third-order valence-corrected chi connectivity index (χ3v) is 2.60. The van der Waals surface area contributed by atoms with Gasteiger partial charge in [-0.15, -0.1) is 0 Å². The molecule has 0 unspecified atom stereocenters. The predicted octanol–water partition coefficient (Wildman–Crippen LogP) is 3.70. The van der Waals surface area contributed by atoms with E-state index in [1.54, 1.807) is 24.3 Å². The summed E-state index contributed by atoms with van der Waals surface area (Å²) in [6.07, 6.45) is -1.10. The molecule has 0 aromatic heterocycles. The zero-order valence-corrected chi connectivity index (χ0v) is 9.46. The Morgan fingerprint density at radius 2 is 1.59 bits per heavy atom. The molecule has 17 heavy (non-hydrogen) atoms. The molecule has 2 aromatic carbocycles. The minimum absolute atomic E-state index is 0.157. The fourth-order valence-electron chi connectivity index (χ4n) is 1.60. The topological polar surface area (TPSA) is 20.2 Å². The first kappa shape index (κ1) is 12.0. The molecule has 0 radical (unpaired) electrons. The van der Waals surface area contributed by atoms with Crippen LogP contribution < -0.4 is 0 Å². The third-order valence-electron chi connectivity index (χ3n) is 2.37. The SMILES string of the molecule is O[C@@H](c1cc(F)cc(F)c1)c1cccc(Cl)c1. The molecule has 0 aliphatic heterocycles.